The lowest BCUT2D eigenvalue weighted by molar-refractivity contribution is -0.131. The normalized spacial score (nSPS) is 22.5. The molecule has 3 aromatic carbocycles. The summed E-state index contributed by atoms with van der Waals surface area (Å²) in [5, 5.41) is 6.17. The second-order valence-electron chi connectivity index (χ2n) is 9.42. The summed E-state index contributed by atoms with van der Waals surface area (Å²) < 4.78 is 12.2. The highest BCUT2D eigenvalue weighted by Gasteiger charge is 2.60. The Labute approximate surface area is 205 Å². The number of amides is 3. The van der Waals surface area contributed by atoms with Crippen LogP contribution in [0.5, 0.6) is 11.5 Å². The number of ether oxygens (including phenoxy) is 2. The molecular weight excluding hydrogens is 442 g/mol. The summed E-state index contributed by atoms with van der Waals surface area (Å²) in [5.41, 5.74) is 3.84. The van der Waals surface area contributed by atoms with Gasteiger partial charge in [-0.1, -0.05) is 42.0 Å². The second-order valence-corrected chi connectivity index (χ2v) is 9.42. The van der Waals surface area contributed by atoms with Gasteiger partial charge in [-0.3, -0.25) is 9.69 Å². The number of carbonyl (C=O) groups is 2. The summed E-state index contributed by atoms with van der Waals surface area (Å²) in [6.45, 7) is 7.73. The molecule has 5 rings (SSSR count). The van der Waals surface area contributed by atoms with Crippen LogP contribution in [-0.2, 0) is 4.79 Å². The van der Waals surface area contributed by atoms with E-state index in [0.717, 1.165) is 22.4 Å². The van der Waals surface area contributed by atoms with Crippen molar-refractivity contribution in [2.45, 2.75) is 39.5 Å². The fourth-order valence-corrected chi connectivity index (χ4v) is 5.25. The second kappa shape index (κ2) is 8.34. The molecule has 180 valence electrons. The van der Waals surface area contributed by atoms with Crippen molar-refractivity contribution in [3.05, 3.63) is 82.9 Å². The van der Waals surface area contributed by atoms with Crippen LogP contribution in [0.3, 0.4) is 0 Å². The Morgan fingerprint density at radius 2 is 1.80 bits per heavy atom. The van der Waals surface area contributed by atoms with Crippen molar-refractivity contribution in [2.75, 3.05) is 17.3 Å². The fourth-order valence-electron chi connectivity index (χ4n) is 5.25. The average Bonchev–Trinajstić information content (AvgIpc) is 2.80. The van der Waals surface area contributed by atoms with E-state index in [1.165, 1.54) is 4.90 Å². The van der Waals surface area contributed by atoms with Gasteiger partial charge in [0.25, 0.3) is 0 Å². The molecule has 2 aliphatic rings. The van der Waals surface area contributed by atoms with Crippen LogP contribution in [0.2, 0.25) is 0 Å². The quantitative estimate of drug-likeness (QED) is 0.544. The third-order valence-corrected chi connectivity index (χ3v) is 6.89. The number of carbonyl (C=O) groups excluding carboxylic acids is 2. The van der Waals surface area contributed by atoms with Crippen LogP contribution < -0.4 is 25.0 Å². The molecule has 2 bridgehead atoms. The predicted octanol–water partition coefficient (Wildman–Crippen LogP) is 5.25. The molecule has 0 aromatic heterocycles. The Balaban J connectivity index is 1.65. The zero-order valence-corrected chi connectivity index (χ0v) is 20.5. The summed E-state index contributed by atoms with van der Waals surface area (Å²) in [4.78, 5) is 29.0. The molecule has 7 heteroatoms. The van der Waals surface area contributed by atoms with E-state index in [-0.39, 0.29) is 11.9 Å². The number of rotatable bonds is 4. The highest BCUT2D eigenvalue weighted by molar-refractivity contribution is 6.02. The smallest absolute Gasteiger partial charge is 0.325 e. The summed E-state index contributed by atoms with van der Waals surface area (Å²) in [7, 11) is 1.58. The van der Waals surface area contributed by atoms with Crippen LogP contribution in [0, 0.1) is 26.7 Å². The lowest BCUT2D eigenvalue weighted by atomic mass is 9.78. The predicted molar refractivity (Wildman–Crippen MR) is 135 cm³/mol. The Bertz CT molecular complexity index is 1340. The van der Waals surface area contributed by atoms with E-state index >= 15 is 0 Å². The largest absolute Gasteiger partial charge is 0.493 e. The number of hydrogen-bond acceptors (Lipinski definition) is 4. The van der Waals surface area contributed by atoms with Crippen molar-refractivity contribution in [2.24, 2.45) is 5.92 Å². The highest BCUT2D eigenvalue weighted by atomic mass is 16.5. The Hall–Kier alpha value is -4.00. The molecule has 0 radical (unpaired) electrons. The molecular formula is C28H29N3O4. The van der Waals surface area contributed by atoms with Crippen LogP contribution in [0.15, 0.2) is 60.7 Å². The highest BCUT2D eigenvalue weighted by Crippen LogP contribution is 2.52. The number of nitrogens with zero attached hydrogens (tertiary/aromatic N) is 1. The van der Waals surface area contributed by atoms with Gasteiger partial charge in [0.1, 0.15) is 5.92 Å². The minimum absolute atomic E-state index is 0.240. The van der Waals surface area contributed by atoms with Crippen LogP contribution in [0.1, 0.15) is 35.2 Å². The van der Waals surface area contributed by atoms with Crippen molar-refractivity contribution in [1.82, 2.24) is 5.32 Å². The van der Waals surface area contributed by atoms with Gasteiger partial charge in [-0.25, -0.2) is 4.79 Å². The van der Waals surface area contributed by atoms with Crippen LogP contribution in [-0.4, -0.2) is 24.8 Å². The van der Waals surface area contributed by atoms with Crippen LogP contribution in [0.25, 0.3) is 0 Å². The molecule has 3 unspecified atom stereocenters. The minimum Gasteiger partial charge on any atom is -0.493 e. The Morgan fingerprint density at radius 1 is 1.06 bits per heavy atom. The Morgan fingerprint density at radius 3 is 2.51 bits per heavy atom. The van der Waals surface area contributed by atoms with E-state index in [2.05, 4.69) is 10.6 Å². The Kier molecular flexibility index (Phi) is 5.43. The molecule has 3 amide bonds. The number of methoxy groups -OCH3 is 1. The van der Waals surface area contributed by atoms with Crippen LogP contribution >= 0.6 is 0 Å². The maximum Gasteiger partial charge on any atom is 0.325 e. The molecule has 2 aliphatic heterocycles. The zero-order chi connectivity index (χ0) is 24.9. The molecule has 1 fully saturated rings. The van der Waals surface area contributed by atoms with Gasteiger partial charge in [0, 0.05) is 16.9 Å². The number of benzene rings is 3. The van der Waals surface area contributed by atoms with E-state index < -0.39 is 17.7 Å². The number of hydrogen-bond donors (Lipinski definition) is 2. The van der Waals surface area contributed by atoms with Gasteiger partial charge in [0.05, 0.1) is 13.2 Å². The number of aryl methyl sites for hydroxylation is 3. The van der Waals surface area contributed by atoms with Gasteiger partial charge < -0.3 is 20.1 Å². The number of urea groups is 1. The van der Waals surface area contributed by atoms with Crippen molar-refractivity contribution in [3.63, 3.8) is 0 Å². The van der Waals surface area contributed by atoms with E-state index in [1.807, 2.05) is 81.4 Å². The van der Waals surface area contributed by atoms with Gasteiger partial charge in [-0.05, 0) is 63.1 Å². The van der Waals surface area contributed by atoms with Gasteiger partial charge in [0.15, 0.2) is 11.5 Å². The zero-order valence-electron chi connectivity index (χ0n) is 20.5. The molecule has 3 atom stereocenters. The first-order chi connectivity index (χ1) is 16.7. The third kappa shape index (κ3) is 3.67. The van der Waals surface area contributed by atoms with Gasteiger partial charge in [-0.2, -0.15) is 0 Å². The third-order valence-electron chi connectivity index (χ3n) is 6.89. The first-order valence-electron chi connectivity index (χ1n) is 11.6. The van der Waals surface area contributed by atoms with Gasteiger partial charge in [-0.15, -0.1) is 0 Å². The SMILES string of the molecule is COc1cccc2c1OC1(C)C(C(=O)Nc3ccc(C)cc3C)C2NC(=O)N1c1cccc(C)c1. The van der Waals surface area contributed by atoms with Crippen molar-refractivity contribution in [1.29, 1.82) is 0 Å². The van der Waals surface area contributed by atoms with Crippen LogP contribution in [0.4, 0.5) is 16.2 Å². The summed E-state index contributed by atoms with van der Waals surface area (Å²) in [6.07, 6.45) is 0. The van der Waals surface area contributed by atoms with Crippen molar-refractivity contribution >= 4 is 23.3 Å². The van der Waals surface area contributed by atoms with E-state index in [1.54, 1.807) is 14.0 Å². The summed E-state index contributed by atoms with van der Waals surface area (Å²) in [5.74, 6) is 0.0830. The number of para-hydroxylation sites is 1. The molecule has 0 aliphatic carbocycles. The number of anilines is 2. The molecule has 35 heavy (non-hydrogen) atoms. The number of nitrogens with one attached hydrogen (secondary N) is 2. The average molecular weight is 472 g/mol. The molecule has 7 nitrogen and oxygen atoms in total. The lowest BCUT2D eigenvalue weighted by Gasteiger charge is -2.54. The van der Waals surface area contributed by atoms with E-state index in [0.29, 0.717) is 22.7 Å². The summed E-state index contributed by atoms with van der Waals surface area (Å²) in [6, 6.07) is 18.1. The lowest BCUT2D eigenvalue weighted by Crippen LogP contribution is -2.72. The van der Waals surface area contributed by atoms with Crippen molar-refractivity contribution < 1.29 is 19.1 Å². The molecule has 1 saturated heterocycles. The topological polar surface area (TPSA) is 79.9 Å². The standard InChI is InChI=1S/C28H29N3O4/c1-16-8-6-9-19(15-16)31-27(33)30-24-20-10-7-11-22(34-5)25(20)35-28(31,4)23(24)26(32)29-21-13-12-17(2)14-18(21)3/h6-15,23-24H,1-5H3,(H,29,32)(H,30,33). The molecule has 0 spiro atoms. The minimum atomic E-state index is -1.31. The van der Waals surface area contributed by atoms with Gasteiger partial charge >= 0.3 is 6.03 Å². The van der Waals surface area contributed by atoms with E-state index in [4.69, 9.17) is 9.47 Å². The molecule has 2 heterocycles. The fraction of sp³-hybridized carbons (Fsp3) is 0.286. The first-order valence-corrected chi connectivity index (χ1v) is 11.6. The molecule has 2 N–H and O–H groups in total. The summed E-state index contributed by atoms with van der Waals surface area (Å²) >= 11 is 0. The van der Waals surface area contributed by atoms with E-state index in [9.17, 15) is 9.59 Å². The molecule has 3 aromatic rings. The van der Waals surface area contributed by atoms with Gasteiger partial charge in [0.2, 0.25) is 11.6 Å². The number of fused-ring (bicyclic) bond motifs is 4. The maximum atomic E-state index is 13.9. The van der Waals surface area contributed by atoms with Crippen molar-refractivity contribution in [3.8, 4) is 11.5 Å². The maximum absolute atomic E-state index is 13.9. The first kappa shape index (κ1) is 22.8. The monoisotopic (exact) mass is 471 g/mol. The molecule has 0 saturated carbocycles.